The number of anilines is 1. The quantitative estimate of drug-likeness (QED) is 0.856. The molecule has 0 saturated carbocycles. The van der Waals surface area contributed by atoms with Crippen molar-refractivity contribution in [2.75, 3.05) is 25.2 Å². The van der Waals surface area contributed by atoms with E-state index >= 15 is 0 Å². The summed E-state index contributed by atoms with van der Waals surface area (Å²) >= 11 is 0. The molecule has 0 spiro atoms. The number of hydrogen-bond donors (Lipinski definition) is 1. The van der Waals surface area contributed by atoms with Crippen molar-refractivity contribution in [3.63, 3.8) is 0 Å². The molecule has 1 aromatic rings. The number of amides is 1. The van der Waals surface area contributed by atoms with Gasteiger partial charge < -0.3 is 15.4 Å². The molecule has 1 aromatic carbocycles. The summed E-state index contributed by atoms with van der Waals surface area (Å²) in [6.07, 6.45) is 0. The Labute approximate surface area is 108 Å². The van der Waals surface area contributed by atoms with Gasteiger partial charge in [-0.15, -0.1) is 0 Å². The first kappa shape index (κ1) is 13.1. The Morgan fingerprint density at radius 2 is 1.89 bits per heavy atom. The molecular weight excluding hydrogens is 228 g/mol. The van der Waals surface area contributed by atoms with Crippen molar-refractivity contribution in [1.82, 2.24) is 0 Å². The minimum absolute atomic E-state index is 0.0324. The Balaban J connectivity index is 2.19. The Kier molecular flexibility index (Phi) is 3.68. The molecule has 0 aromatic heterocycles. The van der Waals surface area contributed by atoms with Gasteiger partial charge in [0.2, 0.25) is 5.91 Å². The van der Waals surface area contributed by atoms with Crippen LogP contribution in [0.1, 0.15) is 11.1 Å². The molecule has 1 aliphatic heterocycles. The van der Waals surface area contributed by atoms with Crippen LogP contribution in [0, 0.1) is 19.8 Å². The molecule has 2 atom stereocenters. The molecular formula is C14H20N2O2. The lowest BCUT2D eigenvalue weighted by Crippen LogP contribution is -2.42. The molecule has 2 unspecified atom stereocenters. The highest BCUT2D eigenvalue weighted by atomic mass is 16.5. The summed E-state index contributed by atoms with van der Waals surface area (Å²) in [6.45, 7) is 4.95. The molecule has 1 heterocycles. The largest absolute Gasteiger partial charge is 0.379 e. The van der Waals surface area contributed by atoms with Crippen LogP contribution in [0.3, 0.4) is 0 Å². The molecule has 2 rings (SSSR count). The lowest BCUT2D eigenvalue weighted by molar-refractivity contribution is -0.122. The van der Waals surface area contributed by atoms with Crippen LogP contribution in [0.25, 0.3) is 0 Å². The van der Waals surface area contributed by atoms with Crippen molar-refractivity contribution in [2.45, 2.75) is 19.9 Å². The number of rotatable bonds is 2. The Hall–Kier alpha value is -1.39. The molecule has 1 aliphatic rings. The summed E-state index contributed by atoms with van der Waals surface area (Å²) in [5.41, 5.74) is 9.10. The van der Waals surface area contributed by atoms with Gasteiger partial charge in [0.05, 0.1) is 19.1 Å². The van der Waals surface area contributed by atoms with Gasteiger partial charge in [0, 0.05) is 18.8 Å². The maximum Gasteiger partial charge on any atom is 0.233 e. The van der Waals surface area contributed by atoms with E-state index in [4.69, 9.17) is 10.5 Å². The monoisotopic (exact) mass is 248 g/mol. The first-order valence-electron chi connectivity index (χ1n) is 6.18. The third-order valence-corrected chi connectivity index (χ3v) is 3.37. The summed E-state index contributed by atoms with van der Waals surface area (Å²) in [4.78, 5) is 14.0. The second-order valence-electron chi connectivity index (χ2n) is 5.05. The first-order chi connectivity index (χ1) is 8.49. The van der Waals surface area contributed by atoms with Gasteiger partial charge in [0.1, 0.15) is 0 Å². The summed E-state index contributed by atoms with van der Waals surface area (Å²) < 4.78 is 5.25. The third kappa shape index (κ3) is 2.54. The average Bonchev–Trinajstić information content (AvgIpc) is 2.72. The van der Waals surface area contributed by atoms with Gasteiger partial charge in [-0.1, -0.05) is 6.07 Å². The molecule has 1 fully saturated rings. The number of aryl methyl sites for hydroxylation is 2. The molecule has 4 nitrogen and oxygen atoms in total. The van der Waals surface area contributed by atoms with E-state index in [1.807, 2.05) is 26.0 Å². The van der Waals surface area contributed by atoms with Crippen LogP contribution in [-0.4, -0.2) is 32.2 Å². The van der Waals surface area contributed by atoms with E-state index in [0.717, 1.165) is 16.8 Å². The molecule has 2 N–H and O–H groups in total. The van der Waals surface area contributed by atoms with Crippen LogP contribution < -0.4 is 10.6 Å². The molecule has 0 bridgehead atoms. The average molecular weight is 248 g/mol. The van der Waals surface area contributed by atoms with E-state index in [2.05, 4.69) is 6.07 Å². The SMILES string of the molecule is Cc1cc(C)cc(N(C)C(=O)C2COCC2N)c1. The van der Waals surface area contributed by atoms with E-state index in [-0.39, 0.29) is 17.9 Å². The second-order valence-corrected chi connectivity index (χ2v) is 5.05. The fourth-order valence-electron chi connectivity index (χ4n) is 2.35. The van der Waals surface area contributed by atoms with Crippen LogP contribution in [0.2, 0.25) is 0 Å². The smallest absolute Gasteiger partial charge is 0.233 e. The van der Waals surface area contributed by atoms with Crippen LogP contribution in [0.4, 0.5) is 5.69 Å². The van der Waals surface area contributed by atoms with Gasteiger partial charge in [0.25, 0.3) is 0 Å². The predicted molar refractivity (Wildman–Crippen MR) is 71.6 cm³/mol. The van der Waals surface area contributed by atoms with Gasteiger partial charge in [-0.3, -0.25) is 4.79 Å². The van der Waals surface area contributed by atoms with Gasteiger partial charge >= 0.3 is 0 Å². The highest BCUT2D eigenvalue weighted by Crippen LogP contribution is 2.22. The van der Waals surface area contributed by atoms with Gasteiger partial charge in [-0.05, 0) is 37.1 Å². The van der Waals surface area contributed by atoms with E-state index in [1.54, 1.807) is 11.9 Å². The standard InChI is InChI=1S/C14H20N2O2/c1-9-4-10(2)6-11(5-9)16(3)14(17)12-7-18-8-13(12)15/h4-6,12-13H,7-8,15H2,1-3H3. The molecule has 4 heteroatoms. The van der Waals surface area contributed by atoms with Crippen LogP contribution in [0.5, 0.6) is 0 Å². The van der Waals surface area contributed by atoms with Crippen molar-refractivity contribution in [1.29, 1.82) is 0 Å². The fraction of sp³-hybridized carbons (Fsp3) is 0.500. The zero-order valence-electron chi connectivity index (χ0n) is 11.1. The summed E-state index contributed by atoms with van der Waals surface area (Å²) in [7, 11) is 1.79. The number of nitrogens with zero attached hydrogens (tertiary/aromatic N) is 1. The number of hydrogen-bond acceptors (Lipinski definition) is 3. The Bertz CT molecular complexity index is 439. The third-order valence-electron chi connectivity index (χ3n) is 3.37. The zero-order chi connectivity index (χ0) is 13.3. The number of nitrogens with two attached hydrogens (primary N) is 1. The lowest BCUT2D eigenvalue weighted by atomic mass is 10.0. The normalized spacial score (nSPS) is 23.1. The topological polar surface area (TPSA) is 55.6 Å². The van der Waals surface area contributed by atoms with Crippen LogP contribution in [0.15, 0.2) is 18.2 Å². The van der Waals surface area contributed by atoms with E-state index < -0.39 is 0 Å². The van der Waals surface area contributed by atoms with Crippen molar-refractivity contribution >= 4 is 11.6 Å². The second kappa shape index (κ2) is 5.08. The van der Waals surface area contributed by atoms with Crippen molar-refractivity contribution in [3.05, 3.63) is 29.3 Å². The molecule has 98 valence electrons. The summed E-state index contributed by atoms with van der Waals surface area (Å²) in [5.74, 6) is -0.194. The first-order valence-corrected chi connectivity index (χ1v) is 6.18. The highest BCUT2D eigenvalue weighted by Gasteiger charge is 2.33. The number of carbonyl (C=O) groups excluding carboxylic acids is 1. The minimum Gasteiger partial charge on any atom is -0.379 e. The molecule has 18 heavy (non-hydrogen) atoms. The predicted octanol–water partition coefficient (Wildman–Crippen LogP) is 1.24. The van der Waals surface area contributed by atoms with Crippen molar-refractivity contribution in [3.8, 4) is 0 Å². The van der Waals surface area contributed by atoms with Crippen molar-refractivity contribution < 1.29 is 9.53 Å². The van der Waals surface area contributed by atoms with E-state index in [1.165, 1.54) is 0 Å². The molecule has 1 saturated heterocycles. The molecule has 1 amide bonds. The van der Waals surface area contributed by atoms with E-state index in [9.17, 15) is 4.79 Å². The summed E-state index contributed by atoms with van der Waals surface area (Å²) in [5, 5.41) is 0. The number of carbonyl (C=O) groups is 1. The zero-order valence-corrected chi connectivity index (χ0v) is 11.1. The highest BCUT2D eigenvalue weighted by molar-refractivity contribution is 5.95. The Morgan fingerprint density at radius 3 is 2.39 bits per heavy atom. The maximum absolute atomic E-state index is 12.3. The minimum atomic E-state index is -0.226. The Morgan fingerprint density at radius 1 is 1.28 bits per heavy atom. The number of benzene rings is 1. The molecule has 0 radical (unpaired) electrons. The fourth-order valence-corrected chi connectivity index (χ4v) is 2.35. The molecule has 0 aliphatic carbocycles. The van der Waals surface area contributed by atoms with Crippen LogP contribution >= 0.6 is 0 Å². The summed E-state index contributed by atoms with van der Waals surface area (Å²) in [6, 6.07) is 5.91. The van der Waals surface area contributed by atoms with Gasteiger partial charge in [-0.2, -0.15) is 0 Å². The van der Waals surface area contributed by atoms with Gasteiger partial charge in [-0.25, -0.2) is 0 Å². The van der Waals surface area contributed by atoms with Crippen LogP contribution in [-0.2, 0) is 9.53 Å². The lowest BCUT2D eigenvalue weighted by Gasteiger charge is -2.23. The van der Waals surface area contributed by atoms with Crippen molar-refractivity contribution in [2.24, 2.45) is 11.7 Å². The maximum atomic E-state index is 12.3. The van der Waals surface area contributed by atoms with E-state index in [0.29, 0.717) is 13.2 Å². The number of ether oxygens (including phenoxy) is 1. The van der Waals surface area contributed by atoms with Gasteiger partial charge in [0.15, 0.2) is 0 Å².